The fourth-order valence-corrected chi connectivity index (χ4v) is 6.93. The van der Waals surface area contributed by atoms with E-state index in [1.807, 2.05) is 25.1 Å². The number of ether oxygens (including phenoxy) is 1. The highest BCUT2D eigenvalue weighted by molar-refractivity contribution is 5.68. The predicted octanol–water partition coefficient (Wildman–Crippen LogP) is 6.15. The molecule has 1 spiro atoms. The van der Waals surface area contributed by atoms with Crippen molar-refractivity contribution >= 4 is 5.69 Å². The Morgan fingerprint density at radius 1 is 1.12 bits per heavy atom. The Balaban J connectivity index is 0.000000610. The zero-order valence-corrected chi connectivity index (χ0v) is 24.6. The molecule has 216 valence electrons. The lowest BCUT2D eigenvalue weighted by Gasteiger charge is -2.53. The molecule has 2 atom stereocenters. The van der Waals surface area contributed by atoms with Gasteiger partial charge in [0.25, 0.3) is 0 Å². The molecule has 3 aliphatic rings. The van der Waals surface area contributed by atoms with Gasteiger partial charge in [0.05, 0.1) is 29.2 Å². The number of fused-ring (bicyclic) bond motifs is 2. The lowest BCUT2D eigenvalue weighted by atomic mass is 9.62. The molecular weight excluding hydrogens is 513 g/mol. The summed E-state index contributed by atoms with van der Waals surface area (Å²) in [7, 11) is 2.18. The van der Waals surface area contributed by atoms with Crippen LogP contribution < -0.4 is 15.0 Å². The van der Waals surface area contributed by atoms with Crippen molar-refractivity contribution in [3.8, 4) is 23.1 Å². The van der Waals surface area contributed by atoms with Crippen LogP contribution in [0.15, 0.2) is 54.6 Å². The number of benzene rings is 2. The van der Waals surface area contributed by atoms with Gasteiger partial charge < -0.3 is 15.0 Å². The second-order valence-electron chi connectivity index (χ2n) is 11.5. The molecule has 0 amide bonds. The zero-order valence-electron chi connectivity index (χ0n) is 24.6. The number of hydrogen-bond acceptors (Lipinski definition) is 6. The molecular formula is C34H42FN5O. The van der Waals surface area contributed by atoms with Gasteiger partial charge in [0.1, 0.15) is 17.6 Å². The van der Waals surface area contributed by atoms with Crippen molar-refractivity contribution in [2.45, 2.75) is 51.5 Å². The van der Waals surface area contributed by atoms with Crippen LogP contribution in [-0.2, 0) is 12.0 Å². The fraction of sp³-hybridized carbons (Fsp3) is 0.471. The highest BCUT2D eigenvalue weighted by Gasteiger charge is 2.48. The number of aromatic nitrogens is 1. The molecule has 3 aliphatic heterocycles. The molecule has 4 heterocycles. The molecule has 2 fully saturated rings. The summed E-state index contributed by atoms with van der Waals surface area (Å²) in [6.07, 6.45) is 4.75. The average molecular weight is 556 g/mol. The van der Waals surface area contributed by atoms with E-state index in [1.54, 1.807) is 6.07 Å². The normalized spacial score (nSPS) is 22.0. The van der Waals surface area contributed by atoms with Crippen molar-refractivity contribution in [3.63, 3.8) is 0 Å². The van der Waals surface area contributed by atoms with Crippen LogP contribution in [0.4, 0.5) is 10.1 Å². The molecule has 6 nitrogen and oxygen atoms in total. The molecule has 3 aromatic rings. The first kappa shape index (κ1) is 29.0. The molecule has 0 radical (unpaired) electrons. The monoisotopic (exact) mass is 555 g/mol. The number of hydrogen-bond donors (Lipinski definition) is 1. The second-order valence-corrected chi connectivity index (χ2v) is 11.5. The summed E-state index contributed by atoms with van der Waals surface area (Å²) < 4.78 is 19.7. The number of rotatable bonds is 5. The van der Waals surface area contributed by atoms with Gasteiger partial charge in [-0.3, -0.25) is 9.88 Å². The van der Waals surface area contributed by atoms with Gasteiger partial charge in [0.15, 0.2) is 0 Å². The van der Waals surface area contributed by atoms with Gasteiger partial charge in [-0.05, 0) is 94.2 Å². The average Bonchev–Trinajstić information content (AvgIpc) is 3.58. The Labute approximate surface area is 244 Å². The van der Waals surface area contributed by atoms with E-state index in [9.17, 15) is 9.65 Å². The Bertz CT molecular complexity index is 1380. The van der Waals surface area contributed by atoms with Crippen LogP contribution in [0.3, 0.4) is 0 Å². The van der Waals surface area contributed by atoms with E-state index in [0.29, 0.717) is 18.1 Å². The maximum absolute atomic E-state index is 13.8. The first-order chi connectivity index (χ1) is 20.0. The van der Waals surface area contributed by atoms with Crippen molar-refractivity contribution in [1.82, 2.24) is 15.2 Å². The summed E-state index contributed by atoms with van der Waals surface area (Å²) in [6, 6.07) is 19.3. The number of piperidine rings is 1. The van der Waals surface area contributed by atoms with Gasteiger partial charge >= 0.3 is 0 Å². The minimum absolute atomic E-state index is 0.00855. The van der Waals surface area contributed by atoms with Crippen LogP contribution in [-0.4, -0.2) is 56.3 Å². The number of pyridine rings is 1. The van der Waals surface area contributed by atoms with Gasteiger partial charge in [-0.2, -0.15) is 5.26 Å². The number of nitrogens with one attached hydrogen (secondary N) is 1. The Morgan fingerprint density at radius 2 is 1.93 bits per heavy atom. The van der Waals surface area contributed by atoms with Crippen molar-refractivity contribution < 1.29 is 9.13 Å². The topological polar surface area (TPSA) is 64.4 Å². The summed E-state index contributed by atoms with van der Waals surface area (Å²) in [5.41, 5.74) is 5.68. The molecule has 1 aromatic heterocycles. The van der Waals surface area contributed by atoms with Crippen LogP contribution in [0.5, 0.6) is 5.75 Å². The van der Waals surface area contributed by atoms with Gasteiger partial charge in [0, 0.05) is 37.2 Å². The fourth-order valence-electron chi connectivity index (χ4n) is 6.93. The molecule has 41 heavy (non-hydrogen) atoms. The van der Waals surface area contributed by atoms with Crippen molar-refractivity contribution in [1.29, 1.82) is 5.26 Å². The molecule has 2 aromatic carbocycles. The summed E-state index contributed by atoms with van der Waals surface area (Å²) in [4.78, 5) is 9.85. The highest BCUT2D eigenvalue weighted by Crippen LogP contribution is 2.47. The van der Waals surface area contributed by atoms with E-state index in [2.05, 4.69) is 53.4 Å². The lowest BCUT2D eigenvalue weighted by Crippen LogP contribution is -2.57. The molecule has 7 heteroatoms. The zero-order chi connectivity index (χ0) is 28.8. The molecule has 0 aliphatic carbocycles. The van der Waals surface area contributed by atoms with E-state index in [4.69, 9.17) is 9.72 Å². The maximum atomic E-state index is 13.8. The van der Waals surface area contributed by atoms with Crippen LogP contribution >= 0.6 is 0 Å². The minimum atomic E-state index is -0.369. The summed E-state index contributed by atoms with van der Waals surface area (Å²) in [5, 5.41) is 12.8. The number of para-hydroxylation sites is 1. The summed E-state index contributed by atoms with van der Waals surface area (Å²) >= 11 is 0. The van der Waals surface area contributed by atoms with Crippen LogP contribution in [0.1, 0.15) is 56.4 Å². The number of halogens is 1. The van der Waals surface area contributed by atoms with Crippen molar-refractivity contribution in [2.75, 3.05) is 51.3 Å². The molecule has 2 unspecified atom stereocenters. The van der Waals surface area contributed by atoms with Crippen LogP contribution in [0.25, 0.3) is 11.3 Å². The Kier molecular flexibility index (Phi) is 9.22. The van der Waals surface area contributed by atoms with Crippen molar-refractivity contribution in [3.05, 3.63) is 77.2 Å². The van der Waals surface area contributed by atoms with Gasteiger partial charge in [-0.25, -0.2) is 4.39 Å². The van der Waals surface area contributed by atoms with E-state index in [-0.39, 0.29) is 11.2 Å². The van der Waals surface area contributed by atoms with Crippen LogP contribution in [0.2, 0.25) is 0 Å². The molecule has 2 saturated heterocycles. The second kappa shape index (κ2) is 13.0. The largest absolute Gasteiger partial charge is 0.493 e. The standard InChI is InChI=1S/C30H33FN4O.C4H9N/c1-4-22-18-35(28-13-10-23(31)16-21(28)17-32)15-14-30(22)20-34(3)19-27-25(30)11-12-26(33-27)24-8-6-7-9-29(24)36-5-2;1-2-4-5-3-1/h6-13,16,22H,4-5,14-15,18-20H2,1-3H3;5H,1-4H2. The number of likely N-dealkylation sites (N-methyl/N-ethyl adjacent to an activating group) is 1. The lowest BCUT2D eigenvalue weighted by molar-refractivity contribution is 0.121. The van der Waals surface area contributed by atoms with E-state index < -0.39 is 0 Å². The van der Waals surface area contributed by atoms with E-state index in [1.165, 1.54) is 43.6 Å². The van der Waals surface area contributed by atoms with Crippen LogP contribution in [0, 0.1) is 23.1 Å². The van der Waals surface area contributed by atoms with Gasteiger partial charge in [-0.1, -0.05) is 31.5 Å². The minimum Gasteiger partial charge on any atom is -0.493 e. The van der Waals surface area contributed by atoms with Crippen molar-refractivity contribution in [2.24, 2.45) is 5.92 Å². The SMILES string of the molecule is C1CCNC1.CCOc1ccccc1-c1ccc2c(n1)CN(C)CC21CCN(c2ccc(F)cc2C#N)CC1CC. The number of nitrogens with zero attached hydrogens (tertiary/aromatic N) is 4. The highest BCUT2D eigenvalue weighted by atomic mass is 19.1. The molecule has 0 saturated carbocycles. The Hall–Kier alpha value is -3.47. The van der Waals surface area contributed by atoms with Gasteiger partial charge in [-0.15, -0.1) is 0 Å². The molecule has 0 bridgehead atoms. The van der Waals surface area contributed by atoms with E-state index >= 15 is 0 Å². The quantitative estimate of drug-likeness (QED) is 0.408. The number of nitriles is 1. The first-order valence-electron chi connectivity index (χ1n) is 15.1. The Morgan fingerprint density at radius 3 is 2.63 bits per heavy atom. The third kappa shape index (κ3) is 6.10. The third-order valence-corrected chi connectivity index (χ3v) is 8.86. The molecule has 6 rings (SSSR count). The summed E-state index contributed by atoms with van der Waals surface area (Å²) in [6.45, 7) is 10.8. The maximum Gasteiger partial charge on any atom is 0.128 e. The third-order valence-electron chi connectivity index (χ3n) is 8.86. The smallest absolute Gasteiger partial charge is 0.128 e. The number of anilines is 1. The summed E-state index contributed by atoms with van der Waals surface area (Å²) in [5.74, 6) is 0.873. The molecule has 1 N–H and O–H groups in total. The van der Waals surface area contributed by atoms with Gasteiger partial charge in [0.2, 0.25) is 0 Å². The predicted molar refractivity (Wildman–Crippen MR) is 163 cm³/mol. The first-order valence-corrected chi connectivity index (χ1v) is 15.1. The van der Waals surface area contributed by atoms with E-state index in [0.717, 1.165) is 67.4 Å².